The Labute approximate surface area is 193 Å². The minimum Gasteiger partial charge on any atom is -0.438 e. The number of nitrogens with zero attached hydrogens (tertiary/aromatic N) is 4. The van der Waals surface area contributed by atoms with Crippen molar-refractivity contribution in [2.75, 3.05) is 24.5 Å². The summed E-state index contributed by atoms with van der Waals surface area (Å²) >= 11 is 0. The molecule has 2 aromatic carbocycles. The number of amides is 1. The molecule has 0 radical (unpaired) electrons. The fourth-order valence-electron chi connectivity index (χ4n) is 4.43. The zero-order valence-corrected chi connectivity index (χ0v) is 18.8. The minimum absolute atomic E-state index is 0.137. The molecular weight excluding hydrogens is 419 g/mol. The van der Waals surface area contributed by atoms with Crippen LogP contribution in [0.2, 0.25) is 0 Å². The fourth-order valence-corrected chi connectivity index (χ4v) is 4.43. The van der Waals surface area contributed by atoms with Gasteiger partial charge in [-0.25, -0.2) is 9.37 Å². The molecule has 7 heteroatoms. The predicted molar refractivity (Wildman–Crippen MR) is 124 cm³/mol. The lowest BCUT2D eigenvalue weighted by Crippen LogP contribution is -2.37. The van der Waals surface area contributed by atoms with Gasteiger partial charge >= 0.3 is 0 Å². The lowest BCUT2D eigenvalue weighted by atomic mass is 10.0. The zero-order valence-electron chi connectivity index (χ0n) is 18.8. The van der Waals surface area contributed by atoms with Crippen LogP contribution in [-0.2, 0) is 13.0 Å². The monoisotopic (exact) mass is 446 g/mol. The van der Waals surface area contributed by atoms with Crippen molar-refractivity contribution in [3.8, 4) is 11.6 Å². The summed E-state index contributed by atoms with van der Waals surface area (Å²) in [4.78, 5) is 26.7. The number of anilines is 1. The Morgan fingerprint density at radius 1 is 1.00 bits per heavy atom. The van der Waals surface area contributed by atoms with Crippen LogP contribution in [0.1, 0.15) is 46.4 Å². The highest BCUT2D eigenvalue weighted by atomic mass is 19.1. The second-order valence-electron chi connectivity index (χ2n) is 8.70. The van der Waals surface area contributed by atoms with Gasteiger partial charge in [-0.2, -0.15) is 4.98 Å². The number of hydrogen-bond donors (Lipinski definition) is 0. The molecule has 5 rings (SSSR count). The Morgan fingerprint density at radius 2 is 1.79 bits per heavy atom. The van der Waals surface area contributed by atoms with Gasteiger partial charge < -0.3 is 14.5 Å². The molecule has 1 aromatic heterocycles. The average Bonchev–Trinajstić information content (AvgIpc) is 2.84. The summed E-state index contributed by atoms with van der Waals surface area (Å²) in [6.45, 7) is 4.80. The molecule has 0 spiro atoms. The standard InChI is InChI=1S/C26H27FN4O2/c1-18-6-5-7-21(16-18)33-24-22-17-31(25(32)19-8-10-20(27)11-9-19)15-12-23(22)28-26(29-24)30-13-3-2-4-14-30/h5-11,16H,2-4,12-15,17H2,1H3. The largest absolute Gasteiger partial charge is 0.438 e. The topological polar surface area (TPSA) is 58.6 Å². The number of aryl methyl sites for hydroxylation is 1. The van der Waals surface area contributed by atoms with Crippen molar-refractivity contribution in [2.24, 2.45) is 0 Å². The highest BCUT2D eigenvalue weighted by molar-refractivity contribution is 5.94. The van der Waals surface area contributed by atoms with Gasteiger partial charge in [-0.15, -0.1) is 0 Å². The van der Waals surface area contributed by atoms with Crippen molar-refractivity contribution in [3.63, 3.8) is 0 Å². The van der Waals surface area contributed by atoms with Crippen molar-refractivity contribution < 1.29 is 13.9 Å². The summed E-state index contributed by atoms with van der Waals surface area (Å²) in [5.41, 5.74) is 3.32. The lowest BCUT2D eigenvalue weighted by Gasteiger charge is -2.32. The van der Waals surface area contributed by atoms with Crippen LogP contribution in [0.3, 0.4) is 0 Å². The third-order valence-electron chi connectivity index (χ3n) is 6.23. The molecule has 0 unspecified atom stereocenters. The molecular formula is C26H27FN4O2. The van der Waals surface area contributed by atoms with E-state index in [4.69, 9.17) is 14.7 Å². The van der Waals surface area contributed by atoms with Gasteiger partial charge in [0.15, 0.2) is 0 Å². The number of benzene rings is 2. The first-order valence-corrected chi connectivity index (χ1v) is 11.5. The fraction of sp³-hybridized carbons (Fsp3) is 0.346. The number of carbonyl (C=O) groups is 1. The van der Waals surface area contributed by atoms with E-state index in [1.165, 1.54) is 30.7 Å². The molecule has 2 aliphatic rings. The normalized spacial score (nSPS) is 15.8. The predicted octanol–water partition coefficient (Wildman–Crippen LogP) is 4.91. The summed E-state index contributed by atoms with van der Waals surface area (Å²) in [7, 11) is 0. The first-order chi connectivity index (χ1) is 16.1. The summed E-state index contributed by atoms with van der Waals surface area (Å²) in [6.07, 6.45) is 4.12. The number of ether oxygens (including phenoxy) is 1. The van der Waals surface area contributed by atoms with Gasteiger partial charge in [-0.1, -0.05) is 12.1 Å². The summed E-state index contributed by atoms with van der Waals surface area (Å²) < 4.78 is 19.6. The molecule has 6 nitrogen and oxygen atoms in total. The van der Waals surface area contributed by atoms with Gasteiger partial charge in [0, 0.05) is 31.6 Å². The number of rotatable bonds is 4. The number of fused-ring (bicyclic) bond motifs is 1. The number of aromatic nitrogens is 2. The maximum absolute atomic E-state index is 13.3. The molecule has 3 aromatic rings. The smallest absolute Gasteiger partial charge is 0.254 e. The van der Waals surface area contributed by atoms with E-state index in [9.17, 15) is 9.18 Å². The highest BCUT2D eigenvalue weighted by Crippen LogP contribution is 2.32. The van der Waals surface area contributed by atoms with Crippen LogP contribution in [0.5, 0.6) is 11.6 Å². The molecule has 0 bridgehead atoms. The van der Waals surface area contributed by atoms with Crippen molar-refractivity contribution in [1.29, 1.82) is 0 Å². The summed E-state index contributed by atoms with van der Waals surface area (Å²) in [5.74, 6) is 1.42. The van der Waals surface area contributed by atoms with Gasteiger partial charge in [0.05, 0.1) is 17.8 Å². The quantitative estimate of drug-likeness (QED) is 0.570. The van der Waals surface area contributed by atoms with E-state index in [1.807, 2.05) is 31.2 Å². The number of hydrogen-bond acceptors (Lipinski definition) is 5. The van der Waals surface area contributed by atoms with Gasteiger partial charge in [0.2, 0.25) is 11.8 Å². The van der Waals surface area contributed by atoms with E-state index in [2.05, 4.69) is 4.90 Å². The van der Waals surface area contributed by atoms with Crippen molar-refractivity contribution in [2.45, 2.75) is 39.2 Å². The second-order valence-corrected chi connectivity index (χ2v) is 8.70. The molecule has 1 amide bonds. The van der Waals surface area contributed by atoms with E-state index >= 15 is 0 Å². The Balaban J connectivity index is 1.48. The van der Waals surface area contributed by atoms with Gasteiger partial charge in [0.1, 0.15) is 11.6 Å². The summed E-state index contributed by atoms with van der Waals surface area (Å²) in [5, 5.41) is 0. The van der Waals surface area contributed by atoms with E-state index in [1.54, 1.807) is 4.90 Å². The molecule has 0 aliphatic carbocycles. The van der Waals surface area contributed by atoms with Crippen LogP contribution in [-0.4, -0.2) is 40.4 Å². The number of halogens is 1. The molecule has 3 heterocycles. The SMILES string of the molecule is Cc1cccc(Oc2nc(N3CCCCC3)nc3c2CN(C(=O)c2ccc(F)cc2)CC3)c1. The zero-order chi connectivity index (χ0) is 22.8. The Morgan fingerprint density at radius 3 is 2.55 bits per heavy atom. The maximum atomic E-state index is 13.3. The van der Waals surface area contributed by atoms with Crippen LogP contribution < -0.4 is 9.64 Å². The number of carbonyl (C=O) groups excluding carboxylic acids is 1. The first-order valence-electron chi connectivity index (χ1n) is 11.5. The third kappa shape index (κ3) is 4.67. The number of piperidine rings is 1. The van der Waals surface area contributed by atoms with Crippen LogP contribution in [0, 0.1) is 12.7 Å². The molecule has 2 aliphatic heterocycles. The van der Waals surface area contributed by atoms with Gasteiger partial charge in [-0.05, 0) is 68.1 Å². The van der Waals surface area contributed by atoms with E-state index in [-0.39, 0.29) is 11.7 Å². The second kappa shape index (κ2) is 9.17. The Bertz CT molecular complexity index is 1160. The minimum atomic E-state index is -0.358. The van der Waals surface area contributed by atoms with E-state index < -0.39 is 0 Å². The molecule has 1 fully saturated rings. The van der Waals surface area contributed by atoms with Crippen LogP contribution in [0.15, 0.2) is 48.5 Å². The molecule has 0 atom stereocenters. The molecule has 1 saturated heterocycles. The molecule has 0 N–H and O–H groups in total. The van der Waals surface area contributed by atoms with Crippen molar-refractivity contribution >= 4 is 11.9 Å². The van der Waals surface area contributed by atoms with Crippen molar-refractivity contribution in [1.82, 2.24) is 14.9 Å². The van der Waals surface area contributed by atoms with Gasteiger partial charge in [0.25, 0.3) is 5.91 Å². The Hall–Kier alpha value is -3.48. The highest BCUT2D eigenvalue weighted by Gasteiger charge is 2.28. The lowest BCUT2D eigenvalue weighted by molar-refractivity contribution is 0.0732. The van der Waals surface area contributed by atoms with Crippen LogP contribution in [0.4, 0.5) is 10.3 Å². The summed E-state index contributed by atoms with van der Waals surface area (Å²) in [6, 6.07) is 13.5. The average molecular weight is 447 g/mol. The van der Waals surface area contributed by atoms with E-state index in [0.29, 0.717) is 42.7 Å². The Kier molecular flexibility index (Phi) is 5.94. The van der Waals surface area contributed by atoms with E-state index in [0.717, 1.165) is 42.8 Å². The van der Waals surface area contributed by atoms with Crippen LogP contribution >= 0.6 is 0 Å². The third-order valence-corrected chi connectivity index (χ3v) is 6.23. The molecule has 0 saturated carbocycles. The van der Waals surface area contributed by atoms with Crippen molar-refractivity contribution in [3.05, 3.63) is 76.7 Å². The van der Waals surface area contributed by atoms with Gasteiger partial charge in [-0.3, -0.25) is 4.79 Å². The van der Waals surface area contributed by atoms with Crippen LogP contribution in [0.25, 0.3) is 0 Å². The maximum Gasteiger partial charge on any atom is 0.254 e. The molecule has 33 heavy (non-hydrogen) atoms. The molecule has 170 valence electrons. The first kappa shape index (κ1) is 21.4.